The summed E-state index contributed by atoms with van der Waals surface area (Å²) in [6.07, 6.45) is 1.49. The van der Waals surface area contributed by atoms with Crippen molar-refractivity contribution < 1.29 is 8.42 Å². The van der Waals surface area contributed by atoms with Crippen molar-refractivity contribution in [2.75, 3.05) is 31.1 Å². The molecular formula is C23H24N6O2S. The van der Waals surface area contributed by atoms with Gasteiger partial charge in [-0.25, -0.2) is 13.4 Å². The number of hydrogen-bond donors (Lipinski definition) is 0. The molecule has 0 unspecified atom stereocenters. The molecule has 1 fully saturated rings. The topological polar surface area (TPSA) is 83.7 Å². The van der Waals surface area contributed by atoms with Crippen molar-refractivity contribution in [1.29, 1.82) is 0 Å². The van der Waals surface area contributed by atoms with Gasteiger partial charge in [0.2, 0.25) is 10.0 Å². The van der Waals surface area contributed by atoms with Gasteiger partial charge in [-0.05, 0) is 37.1 Å². The van der Waals surface area contributed by atoms with Crippen LogP contribution in [-0.2, 0) is 10.0 Å². The number of fused-ring (bicyclic) bond motifs is 1. The zero-order valence-corrected chi connectivity index (χ0v) is 18.8. The maximum Gasteiger partial charge on any atom is 0.254 e. The minimum Gasteiger partial charge on any atom is -0.354 e. The number of sulfonamides is 1. The molecule has 3 heterocycles. The van der Waals surface area contributed by atoms with Gasteiger partial charge in [0, 0.05) is 37.8 Å². The van der Waals surface area contributed by atoms with Crippen LogP contribution in [0.3, 0.4) is 0 Å². The molecule has 0 aliphatic carbocycles. The molecule has 0 spiro atoms. The van der Waals surface area contributed by atoms with Gasteiger partial charge in [0.15, 0.2) is 0 Å². The lowest BCUT2D eigenvalue weighted by atomic mass is 10.1. The fraction of sp³-hybridized carbons (Fsp3) is 0.261. The van der Waals surface area contributed by atoms with Crippen molar-refractivity contribution in [3.63, 3.8) is 0 Å². The maximum atomic E-state index is 13.2. The van der Waals surface area contributed by atoms with Gasteiger partial charge in [-0.15, -0.1) is 0 Å². The summed E-state index contributed by atoms with van der Waals surface area (Å²) >= 11 is 0. The second kappa shape index (κ2) is 7.99. The Morgan fingerprint density at radius 1 is 0.875 bits per heavy atom. The van der Waals surface area contributed by atoms with E-state index in [1.165, 1.54) is 6.33 Å². The van der Waals surface area contributed by atoms with Gasteiger partial charge in [-0.1, -0.05) is 36.4 Å². The summed E-state index contributed by atoms with van der Waals surface area (Å²) in [6, 6.07) is 17.2. The Morgan fingerprint density at radius 2 is 1.62 bits per heavy atom. The summed E-state index contributed by atoms with van der Waals surface area (Å²) in [7, 11) is -3.53. The molecule has 164 valence electrons. The zero-order valence-electron chi connectivity index (χ0n) is 18.0. The van der Waals surface area contributed by atoms with Gasteiger partial charge in [0.05, 0.1) is 10.6 Å². The minimum atomic E-state index is -3.53. The molecule has 0 N–H and O–H groups in total. The average molecular weight is 449 g/mol. The third-order valence-corrected chi connectivity index (χ3v) is 7.88. The van der Waals surface area contributed by atoms with Crippen molar-refractivity contribution in [2.24, 2.45) is 0 Å². The van der Waals surface area contributed by atoms with Crippen LogP contribution in [0.2, 0.25) is 0 Å². The molecular weight excluding hydrogens is 424 g/mol. The van der Waals surface area contributed by atoms with E-state index in [1.54, 1.807) is 21.0 Å². The second-order valence-electron chi connectivity index (χ2n) is 7.97. The minimum absolute atomic E-state index is 0.350. The smallest absolute Gasteiger partial charge is 0.254 e. The van der Waals surface area contributed by atoms with Crippen LogP contribution in [0, 0.1) is 13.8 Å². The standard InChI is InChI=1S/C23H24N6O2S/c1-17-8-9-20(14-18(17)2)32(30,31)28-12-10-27(11-13-28)22-15-21(19-6-4-3-5-7-19)26-23-24-16-25-29(22)23/h3-9,14-16H,10-13H2,1-2H3. The van der Waals surface area contributed by atoms with Crippen molar-refractivity contribution in [2.45, 2.75) is 18.7 Å². The lowest BCUT2D eigenvalue weighted by molar-refractivity contribution is 0.383. The number of anilines is 1. The normalized spacial score (nSPS) is 15.4. The van der Waals surface area contributed by atoms with E-state index in [1.807, 2.05) is 56.3 Å². The number of aryl methyl sites for hydroxylation is 2. The van der Waals surface area contributed by atoms with E-state index in [-0.39, 0.29) is 0 Å². The molecule has 0 saturated carbocycles. The molecule has 0 radical (unpaired) electrons. The molecule has 5 rings (SSSR count). The lowest BCUT2D eigenvalue weighted by Crippen LogP contribution is -2.49. The van der Waals surface area contributed by atoms with Gasteiger partial charge >= 0.3 is 0 Å². The SMILES string of the molecule is Cc1ccc(S(=O)(=O)N2CCN(c3cc(-c4ccccc4)nc4ncnn34)CC2)cc1C. The highest BCUT2D eigenvalue weighted by Gasteiger charge is 2.30. The number of aromatic nitrogens is 4. The van der Waals surface area contributed by atoms with Crippen LogP contribution in [0.15, 0.2) is 65.8 Å². The predicted octanol–water partition coefficient (Wildman–Crippen LogP) is 2.92. The average Bonchev–Trinajstić information content (AvgIpc) is 3.29. The van der Waals surface area contributed by atoms with Crippen LogP contribution in [0.25, 0.3) is 17.0 Å². The number of nitrogens with zero attached hydrogens (tertiary/aromatic N) is 6. The third-order valence-electron chi connectivity index (χ3n) is 5.98. The highest BCUT2D eigenvalue weighted by atomic mass is 32.2. The molecule has 1 saturated heterocycles. The van der Waals surface area contributed by atoms with Crippen LogP contribution < -0.4 is 4.90 Å². The first-order chi connectivity index (χ1) is 15.4. The van der Waals surface area contributed by atoms with Crippen molar-refractivity contribution in [1.82, 2.24) is 23.9 Å². The summed E-state index contributed by atoms with van der Waals surface area (Å²) in [4.78, 5) is 11.4. The van der Waals surface area contributed by atoms with Gasteiger partial charge in [-0.2, -0.15) is 18.9 Å². The Balaban J connectivity index is 1.42. The fourth-order valence-electron chi connectivity index (χ4n) is 3.96. The number of benzene rings is 2. The monoisotopic (exact) mass is 448 g/mol. The summed E-state index contributed by atoms with van der Waals surface area (Å²) in [5, 5.41) is 4.33. The van der Waals surface area contributed by atoms with Crippen molar-refractivity contribution >= 4 is 21.6 Å². The summed E-state index contributed by atoms with van der Waals surface area (Å²) < 4.78 is 29.6. The highest BCUT2D eigenvalue weighted by Crippen LogP contribution is 2.26. The van der Waals surface area contributed by atoms with Crippen LogP contribution in [0.1, 0.15) is 11.1 Å². The van der Waals surface area contributed by atoms with Crippen molar-refractivity contribution in [3.8, 4) is 11.3 Å². The zero-order chi connectivity index (χ0) is 22.3. The first-order valence-corrected chi connectivity index (χ1v) is 12.0. The Bertz CT molecular complexity index is 1380. The maximum absolute atomic E-state index is 13.2. The summed E-state index contributed by atoms with van der Waals surface area (Å²) in [5.41, 5.74) is 3.86. The van der Waals surface area contributed by atoms with E-state index in [4.69, 9.17) is 0 Å². The predicted molar refractivity (Wildman–Crippen MR) is 123 cm³/mol. The van der Waals surface area contributed by atoms with E-state index >= 15 is 0 Å². The fourth-order valence-corrected chi connectivity index (χ4v) is 5.47. The molecule has 0 atom stereocenters. The molecule has 2 aromatic carbocycles. The molecule has 9 heteroatoms. The third kappa shape index (κ3) is 3.63. The Morgan fingerprint density at radius 3 is 2.34 bits per heavy atom. The number of hydrogen-bond acceptors (Lipinski definition) is 6. The van der Waals surface area contributed by atoms with E-state index in [2.05, 4.69) is 20.0 Å². The Labute approximate surface area is 187 Å². The summed E-state index contributed by atoms with van der Waals surface area (Å²) in [5.74, 6) is 1.38. The van der Waals surface area contributed by atoms with Crippen LogP contribution in [0.5, 0.6) is 0 Å². The molecule has 32 heavy (non-hydrogen) atoms. The van der Waals surface area contributed by atoms with Gasteiger partial charge in [-0.3, -0.25) is 0 Å². The van der Waals surface area contributed by atoms with Gasteiger partial charge in [0.1, 0.15) is 12.1 Å². The van der Waals surface area contributed by atoms with Crippen molar-refractivity contribution in [3.05, 3.63) is 72.1 Å². The molecule has 4 aromatic rings. The van der Waals surface area contributed by atoms with Crippen LogP contribution in [-0.4, -0.2) is 58.5 Å². The number of rotatable bonds is 4. The largest absolute Gasteiger partial charge is 0.354 e. The van der Waals surface area contributed by atoms with Gasteiger partial charge in [0.25, 0.3) is 5.78 Å². The molecule has 2 aromatic heterocycles. The first kappa shape index (κ1) is 20.6. The van der Waals surface area contributed by atoms with E-state index in [0.29, 0.717) is 36.9 Å². The van der Waals surface area contributed by atoms with E-state index in [0.717, 1.165) is 28.2 Å². The Kier molecular flexibility index (Phi) is 5.15. The van der Waals surface area contributed by atoms with E-state index < -0.39 is 10.0 Å². The highest BCUT2D eigenvalue weighted by molar-refractivity contribution is 7.89. The quantitative estimate of drug-likeness (QED) is 0.477. The van der Waals surface area contributed by atoms with Crippen LogP contribution >= 0.6 is 0 Å². The molecule has 1 aliphatic rings. The van der Waals surface area contributed by atoms with Crippen LogP contribution in [0.4, 0.5) is 5.82 Å². The molecule has 0 bridgehead atoms. The lowest BCUT2D eigenvalue weighted by Gasteiger charge is -2.35. The van der Waals surface area contributed by atoms with E-state index in [9.17, 15) is 8.42 Å². The first-order valence-electron chi connectivity index (χ1n) is 10.5. The number of piperazine rings is 1. The summed E-state index contributed by atoms with van der Waals surface area (Å²) in [6.45, 7) is 5.81. The second-order valence-corrected chi connectivity index (χ2v) is 9.91. The molecule has 1 aliphatic heterocycles. The molecule has 8 nitrogen and oxygen atoms in total. The molecule has 0 amide bonds. The Hall–Kier alpha value is -3.30. The van der Waals surface area contributed by atoms with Gasteiger partial charge < -0.3 is 4.90 Å².